The first-order chi connectivity index (χ1) is 8.64. The number of nitrogens with zero attached hydrogens (tertiary/aromatic N) is 6. The molecular weight excluding hydrogens is 253 g/mol. The molecule has 0 fully saturated rings. The third-order valence-electron chi connectivity index (χ3n) is 2.12. The van der Waals surface area contributed by atoms with Crippen molar-refractivity contribution in [2.24, 2.45) is 16.6 Å². The molecule has 7 nitrogen and oxygen atoms in total. The monoisotopic (exact) mass is 256 g/mol. The van der Waals surface area contributed by atoms with Gasteiger partial charge >= 0.3 is 29.6 Å². The van der Waals surface area contributed by atoms with E-state index in [1.54, 1.807) is 30.3 Å². The molecule has 0 saturated heterocycles. The van der Waals surface area contributed by atoms with E-state index in [1.807, 2.05) is 0 Å². The summed E-state index contributed by atoms with van der Waals surface area (Å²) in [7, 11) is 0. The summed E-state index contributed by atoms with van der Waals surface area (Å²) in [5, 5.41) is 44.1. The fraction of sp³-hybridized carbons (Fsp3) is 0.0909. The van der Waals surface area contributed by atoms with Gasteiger partial charge in [0.2, 0.25) is 0 Å². The minimum atomic E-state index is -1.36. The second kappa shape index (κ2) is 6.97. The SMILES string of the molecule is N#CC1=C(C#N)/C(=C(\C#N)C(C#N)C#N)N=C1N.[Na+]. The van der Waals surface area contributed by atoms with Gasteiger partial charge in [-0.15, -0.1) is 0 Å². The van der Waals surface area contributed by atoms with Gasteiger partial charge in [0.05, 0.1) is 23.8 Å². The molecule has 19 heavy (non-hydrogen) atoms. The summed E-state index contributed by atoms with van der Waals surface area (Å²) >= 11 is 0. The van der Waals surface area contributed by atoms with Crippen LogP contribution in [0.15, 0.2) is 27.4 Å². The summed E-state index contributed by atoms with van der Waals surface area (Å²) in [6.45, 7) is 0. The van der Waals surface area contributed by atoms with Crippen molar-refractivity contribution in [3.63, 3.8) is 0 Å². The van der Waals surface area contributed by atoms with E-state index in [2.05, 4.69) is 4.99 Å². The predicted octanol–water partition coefficient (Wildman–Crippen LogP) is -2.85. The van der Waals surface area contributed by atoms with Gasteiger partial charge in [-0.25, -0.2) is 4.99 Å². The molecule has 8 heteroatoms. The van der Waals surface area contributed by atoms with Crippen LogP contribution in [0.3, 0.4) is 0 Å². The Bertz CT molecular complexity index is 693. The molecule has 1 aliphatic heterocycles. The third kappa shape index (κ3) is 2.80. The summed E-state index contributed by atoms with van der Waals surface area (Å²) in [4.78, 5) is 3.71. The zero-order chi connectivity index (χ0) is 13.7. The Kier molecular flexibility index (Phi) is 6.02. The Morgan fingerprint density at radius 3 is 1.89 bits per heavy atom. The maximum absolute atomic E-state index is 8.94. The maximum Gasteiger partial charge on any atom is 1.00 e. The van der Waals surface area contributed by atoms with Crippen LogP contribution in [0, 0.1) is 62.6 Å². The number of rotatable bonds is 1. The molecule has 0 atom stereocenters. The van der Waals surface area contributed by atoms with Crippen molar-refractivity contribution in [3.8, 4) is 30.3 Å². The molecule has 1 aliphatic rings. The maximum atomic E-state index is 8.94. The second-order valence-electron chi connectivity index (χ2n) is 3.04. The van der Waals surface area contributed by atoms with Gasteiger partial charge in [-0.1, -0.05) is 0 Å². The van der Waals surface area contributed by atoms with Gasteiger partial charge in [0, 0.05) is 0 Å². The summed E-state index contributed by atoms with van der Waals surface area (Å²) in [5.74, 6) is -1.56. The van der Waals surface area contributed by atoms with Crippen LogP contribution in [0.4, 0.5) is 0 Å². The number of nitriles is 5. The molecular formula is C11H3N7Na+. The van der Waals surface area contributed by atoms with Crippen LogP contribution in [-0.4, -0.2) is 5.84 Å². The van der Waals surface area contributed by atoms with E-state index in [-0.39, 0.29) is 57.8 Å². The minimum absolute atomic E-state index is 0. The van der Waals surface area contributed by atoms with Gasteiger partial charge in [0.15, 0.2) is 5.92 Å². The van der Waals surface area contributed by atoms with Crippen molar-refractivity contribution >= 4 is 5.84 Å². The molecule has 0 saturated carbocycles. The topological polar surface area (TPSA) is 157 Å². The Morgan fingerprint density at radius 2 is 1.53 bits per heavy atom. The Morgan fingerprint density at radius 1 is 1.00 bits per heavy atom. The fourth-order valence-corrected chi connectivity index (χ4v) is 1.31. The van der Waals surface area contributed by atoms with Crippen LogP contribution in [0.2, 0.25) is 0 Å². The van der Waals surface area contributed by atoms with Crippen LogP contribution >= 0.6 is 0 Å². The molecule has 0 aromatic heterocycles. The first-order valence-corrected chi connectivity index (χ1v) is 4.47. The molecule has 0 spiro atoms. The molecule has 0 aliphatic carbocycles. The van der Waals surface area contributed by atoms with Crippen LogP contribution in [0.5, 0.6) is 0 Å². The number of amidine groups is 1. The van der Waals surface area contributed by atoms with Gasteiger partial charge in [-0.05, 0) is 0 Å². The number of allylic oxidation sites excluding steroid dienone is 2. The average Bonchev–Trinajstić information content (AvgIpc) is 2.71. The van der Waals surface area contributed by atoms with E-state index >= 15 is 0 Å². The normalized spacial score (nSPS) is 15.1. The molecule has 2 N–H and O–H groups in total. The van der Waals surface area contributed by atoms with E-state index in [9.17, 15) is 0 Å². The first-order valence-electron chi connectivity index (χ1n) is 4.47. The van der Waals surface area contributed by atoms with E-state index < -0.39 is 5.92 Å². The van der Waals surface area contributed by atoms with Gasteiger partial charge in [-0.2, -0.15) is 26.3 Å². The van der Waals surface area contributed by atoms with Crippen molar-refractivity contribution in [1.82, 2.24) is 0 Å². The number of hydrogen-bond acceptors (Lipinski definition) is 7. The molecule has 82 valence electrons. The van der Waals surface area contributed by atoms with Crippen LogP contribution in [-0.2, 0) is 0 Å². The van der Waals surface area contributed by atoms with Crippen LogP contribution < -0.4 is 35.3 Å². The van der Waals surface area contributed by atoms with Crippen LogP contribution in [0.1, 0.15) is 0 Å². The zero-order valence-corrected chi connectivity index (χ0v) is 11.8. The average molecular weight is 256 g/mol. The van der Waals surface area contributed by atoms with Crippen molar-refractivity contribution in [2.45, 2.75) is 0 Å². The number of nitrogens with two attached hydrogens (primary N) is 1. The molecule has 0 unspecified atom stereocenters. The van der Waals surface area contributed by atoms with Crippen molar-refractivity contribution in [3.05, 3.63) is 22.4 Å². The van der Waals surface area contributed by atoms with E-state index in [0.717, 1.165) is 0 Å². The van der Waals surface area contributed by atoms with Gasteiger partial charge in [0.1, 0.15) is 34.8 Å². The third-order valence-corrected chi connectivity index (χ3v) is 2.12. The van der Waals surface area contributed by atoms with Crippen molar-refractivity contribution < 1.29 is 29.6 Å². The first kappa shape index (κ1) is 16.4. The molecule has 0 radical (unpaired) electrons. The van der Waals surface area contributed by atoms with Crippen LogP contribution in [0.25, 0.3) is 0 Å². The molecule has 1 heterocycles. The molecule has 1 rings (SSSR count). The van der Waals surface area contributed by atoms with Gasteiger partial charge in [-0.3, -0.25) is 0 Å². The smallest absolute Gasteiger partial charge is 0.383 e. The Hall–Kier alpha value is -2.60. The fourth-order valence-electron chi connectivity index (χ4n) is 1.31. The molecule has 0 aromatic rings. The van der Waals surface area contributed by atoms with E-state index in [4.69, 9.17) is 32.0 Å². The van der Waals surface area contributed by atoms with Crippen molar-refractivity contribution in [2.75, 3.05) is 0 Å². The Balaban J connectivity index is 0.00000324. The number of hydrogen-bond donors (Lipinski definition) is 1. The largest absolute Gasteiger partial charge is 1.00 e. The summed E-state index contributed by atoms with van der Waals surface area (Å²) in [5.41, 5.74) is 4.61. The standard InChI is InChI=1S/C11H3N7.Na/c12-1-6(2-13)7(3-14)10-8(4-15)9(5-16)11(17)18-10;/h6H,(H2,17,18);/q;+1/b10-7-;. The number of aliphatic imine (C=N–C) groups is 1. The van der Waals surface area contributed by atoms with Crippen molar-refractivity contribution in [1.29, 1.82) is 26.3 Å². The van der Waals surface area contributed by atoms with Gasteiger partial charge < -0.3 is 5.73 Å². The summed E-state index contributed by atoms with van der Waals surface area (Å²) in [6, 6.07) is 8.25. The quantitative estimate of drug-likeness (QED) is 0.392. The van der Waals surface area contributed by atoms with Gasteiger partial charge in [0.25, 0.3) is 0 Å². The van der Waals surface area contributed by atoms with E-state index in [0.29, 0.717) is 0 Å². The van der Waals surface area contributed by atoms with E-state index in [1.165, 1.54) is 0 Å². The zero-order valence-electron chi connectivity index (χ0n) is 9.84. The molecule has 0 aromatic carbocycles. The Labute approximate surface area is 131 Å². The molecule has 0 bridgehead atoms. The minimum Gasteiger partial charge on any atom is -0.383 e. The molecule has 0 amide bonds. The predicted molar refractivity (Wildman–Crippen MR) is 57.2 cm³/mol. The summed E-state index contributed by atoms with van der Waals surface area (Å²) in [6.07, 6.45) is 0. The second-order valence-corrected chi connectivity index (χ2v) is 3.04. The summed E-state index contributed by atoms with van der Waals surface area (Å²) < 4.78 is 0.